The minimum absolute atomic E-state index is 0.350. The lowest BCUT2D eigenvalue weighted by atomic mass is 10.0. The van der Waals surface area contributed by atoms with E-state index in [-0.39, 0.29) is 0 Å². The summed E-state index contributed by atoms with van der Waals surface area (Å²) in [4.78, 5) is 10.9. The van der Waals surface area contributed by atoms with Gasteiger partial charge in [-0.15, -0.1) is 0 Å². The number of nitrogens with zero attached hydrogens (tertiary/aromatic N) is 5. The summed E-state index contributed by atoms with van der Waals surface area (Å²) in [5.74, 6) is 1.29. The van der Waals surface area contributed by atoms with Crippen LogP contribution in [0, 0.1) is 6.92 Å². The third kappa shape index (κ3) is 2.74. The highest BCUT2D eigenvalue weighted by Gasteiger charge is 2.24. The van der Waals surface area contributed by atoms with Gasteiger partial charge in [-0.2, -0.15) is 10.1 Å². The molecule has 0 aliphatic carbocycles. The summed E-state index contributed by atoms with van der Waals surface area (Å²) in [6.45, 7) is 3.85. The molecule has 6 heteroatoms. The van der Waals surface area contributed by atoms with Crippen LogP contribution in [0.4, 0.5) is 11.8 Å². The van der Waals surface area contributed by atoms with Gasteiger partial charge in [0, 0.05) is 36.7 Å². The summed E-state index contributed by atoms with van der Waals surface area (Å²) in [6, 6.07) is 4.38. The van der Waals surface area contributed by atoms with E-state index in [1.807, 2.05) is 36.1 Å². The van der Waals surface area contributed by atoms with Crippen molar-refractivity contribution in [2.75, 3.05) is 17.2 Å². The molecule has 1 saturated heterocycles. The van der Waals surface area contributed by atoms with Gasteiger partial charge in [0.05, 0.1) is 6.54 Å². The number of aryl methyl sites for hydroxylation is 1. The molecule has 0 bridgehead atoms. The smallest absolute Gasteiger partial charge is 0.222 e. The van der Waals surface area contributed by atoms with E-state index in [0.29, 0.717) is 12.0 Å². The van der Waals surface area contributed by atoms with Gasteiger partial charge in [-0.05, 0) is 32.3 Å². The normalized spacial score (nSPS) is 19.2. The Morgan fingerprint density at radius 1 is 1.35 bits per heavy atom. The highest BCUT2D eigenvalue weighted by molar-refractivity contribution is 5.44. The molecular weight excluding hydrogens is 252 g/mol. The summed E-state index contributed by atoms with van der Waals surface area (Å²) in [5.41, 5.74) is 6.69. The van der Waals surface area contributed by atoms with Gasteiger partial charge in [-0.1, -0.05) is 0 Å². The van der Waals surface area contributed by atoms with Crippen LogP contribution in [0.3, 0.4) is 0 Å². The maximum atomic E-state index is 5.78. The topological polar surface area (TPSA) is 72.9 Å². The van der Waals surface area contributed by atoms with Crippen LogP contribution >= 0.6 is 0 Å². The molecule has 106 valence electrons. The summed E-state index contributed by atoms with van der Waals surface area (Å²) in [6.07, 6.45) is 7.43. The molecule has 0 unspecified atom stereocenters. The molecule has 2 N–H and O–H groups in total. The summed E-state index contributed by atoms with van der Waals surface area (Å²) in [7, 11) is 0. The molecule has 20 heavy (non-hydrogen) atoms. The molecule has 3 rings (SSSR count). The van der Waals surface area contributed by atoms with Crippen LogP contribution in [-0.2, 0) is 6.54 Å². The number of nitrogen functional groups attached to an aromatic ring is 1. The molecule has 2 aromatic rings. The summed E-state index contributed by atoms with van der Waals surface area (Å²) in [5, 5.41) is 4.31. The summed E-state index contributed by atoms with van der Waals surface area (Å²) < 4.78 is 1.99. The first kappa shape index (κ1) is 12.9. The Balaban J connectivity index is 1.84. The second-order valence-electron chi connectivity index (χ2n) is 5.30. The minimum Gasteiger partial charge on any atom is -0.368 e. The molecule has 0 spiro atoms. The van der Waals surface area contributed by atoms with E-state index >= 15 is 0 Å². The highest BCUT2D eigenvalue weighted by atomic mass is 15.3. The number of piperidine rings is 1. The second kappa shape index (κ2) is 5.48. The van der Waals surface area contributed by atoms with Crippen molar-refractivity contribution in [3.63, 3.8) is 0 Å². The zero-order valence-corrected chi connectivity index (χ0v) is 11.7. The summed E-state index contributed by atoms with van der Waals surface area (Å²) >= 11 is 0. The maximum Gasteiger partial charge on any atom is 0.222 e. The van der Waals surface area contributed by atoms with Gasteiger partial charge >= 0.3 is 0 Å². The van der Waals surface area contributed by atoms with E-state index in [1.165, 1.54) is 12.8 Å². The van der Waals surface area contributed by atoms with E-state index in [4.69, 9.17) is 5.73 Å². The van der Waals surface area contributed by atoms with Crippen molar-refractivity contribution in [3.05, 3.63) is 30.2 Å². The van der Waals surface area contributed by atoms with Crippen LogP contribution < -0.4 is 10.6 Å². The lowest BCUT2D eigenvalue weighted by Crippen LogP contribution is -2.43. The van der Waals surface area contributed by atoms with Crippen molar-refractivity contribution in [1.82, 2.24) is 19.7 Å². The average Bonchev–Trinajstić information content (AvgIpc) is 2.91. The Morgan fingerprint density at radius 2 is 2.25 bits per heavy atom. The fourth-order valence-electron chi connectivity index (χ4n) is 2.84. The minimum atomic E-state index is 0.350. The van der Waals surface area contributed by atoms with Gasteiger partial charge in [0.1, 0.15) is 5.82 Å². The Labute approximate surface area is 118 Å². The van der Waals surface area contributed by atoms with Crippen molar-refractivity contribution >= 4 is 11.8 Å². The fraction of sp³-hybridized carbons (Fsp3) is 0.500. The Kier molecular flexibility index (Phi) is 3.54. The number of aromatic nitrogens is 4. The van der Waals surface area contributed by atoms with Crippen LogP contribution in [0.25, 0.3) is 0 Å². The third-order valence-electron chi connectivity index (χ3n) is 3.74. The largest absolute Gasteiger partial charge is 0.368 e. The second-order valence-corrected chi connectivity index (χ2v) is 5.30. The molecule has 6 nitrogen and oxygen atoms in total. The van der Waals surface area contributed by atoms with Crippen LogP contribution in [-0.4, -0.2) is 32.3 Å². The van der Waals surface area contributed by atoms with Crippen molar-refractivity contribution in [1.29, 1.82) is 0 Å². The van der Waals surface area contributed by atoms with E-state index in [2.05, 4.69) is 20.0 Å². The van der Waals surface area contributed by atoms with E-state index < -0.39 is 0 Å². The van der Waals surface area contributed by atoms with Gasteiger partial charge in [-0.3, -0.25) is 4.68 Å². The number of hydrogen-bond acceptors (Lipinski definition) is 5. The molecule has 1 fully saturated rings. The predicted octanol–water partition coefficient (Wildman–Crippen LogP) is 1.62. The monoisotopic (exact) mass is 272 g/mol. The van der Waals surface area contributed by atoms with E-state index in [9.17, 15) is 0 Å². The van der Waals surface area contributed by atoms with Gasteiger partial charge in [0.25, 0.3) is 0 Å². The van der Waals surface area contributed by atoms with Crippen LogP contribution in [0.1, 0.15) is 25.0 Å². The highest BCUT2D eigenvalue weighted by Crippen LogP contribution is 2.25. The third-order valence-corrected chi connectivity index (χ3v) is 3.74. The molecule has 0 radical (unpaired) electrons. The number of hydrogen-bond donors (Lipinski definition) is 1. The lowest BCUT2D eigenvalue weighted by molar-refractivity contribution is 0.396. The average molecular weight is 272 g/mol. The zero-order chi connectivity index (χ0) is 13.9. The predicted molar refractivity (Wildman–Crippen MR) is 78.4 cm³/mol. The molecule has 0 amide bonds. The van der Waals surface area contributed by atoms with E-state index in [0.717, 1.165) is 31.0 Å². The maximum absolute atomic E-state index is 5.78. The fourth-order valence-corrected chi connectivity index (χ4v) is 2.84. The molecule has 1 aliphatic rings. The van der Waals surface area contributed by atoms with E-state index in [1.54, 1.807) is 0 Å². The Bertz CT molecular complexity index is 545. The molecule has 1 atom stereocenters. The molecular formula is C14H20N6. The van der Waals surface area contributed by atoms with Gasteiger partial charge < -0.3 is 10.6 Å². The van der Waals surface area contributed by atoms with Crippen LogP contribution in [0.15, 0.2) is 24.5 Å². The Hall–Kier alpha value is -2.11. The number of anilines is 2. The molecule has 0 aromatic carbocycles. The first-order valence-corrected chi connectivity index (χ1v) is 7.07. The van der Waals surface area contributed by atoms with Crippen molar-refractivity contribution in [3.8, 4) is 0 Å². The molecule has 0 saturated carbocycles. The number of rotatable bonds is 3. The van der Waals surface area contributed by atoms with Crippen LogP contribution in [0.2, 0.25) is 0 Å². The SMILES string of the molecule is Cc1cc(N2CCCC[C@@H]2Cn2cccn2)nc(N)n1. The van der Waals surface area contributed by atoms with Crippen LogP contribution in [0.5, 0.6) is 0 Å². The first-order valence-electron chi connectivity index (χ1n) is 7.07. The molecule has 1 aliphatic heterocycles. The van der Waals surface area contributed by atoms with Gasteiger partial charge in [0.2, 0.25) is 5.95 Å². The standard InChI is InChI=1S/C14H20N6/c1-11-9-13(18-14(15)17-11)20-8-3-2-5-12(20)10-19-7-4-6-16-19/h4,6-7,9,12H,2-3,5,8,10H2,1H3,(H2,15,17,18)/t12-/m1/s1. The number of nitrogens with two attached hydrogens (primary N) is 1. The first-order chi connectivity index (χ1) is 9.72. The Morgan fingerprint density at radius 3 is 3.00 bits per heavy atom. The molecule has 3 heterocycles. The lowest BCUT2D eigenvalue weighted by Gasteiger charge is -2.36. The molecule has 2 aromatic heterocycles. The zero-order valence-electron chi connectivity index (χ0n) is 11.7. The quantitative estimate of drug-likeness (QED) is 0.919. The van der Waals surface area contributed by atoms with Gasteiger partial charge in [0.15, 0.2) is 0 Å². The van der Waals surface area contributed by atoms with Gasteiger partial charge in [-0.25, -0.2) is 4.98 Å². The van der Waals surface area contributed by atoms with Crippen molar-refractivity contribution in [2.24, 2.45) is 0 Å². The van der Waals surface area contributed by atoms with Crippen molar-refractivity contribution < 1.29 is 0 Å². The van der Waals surface area contributed by atoms with Crippen molar-refractivity contribution in [2.45, 2.75) is 38.8 Å².